The van der Waals surface area contributed by atoms with E-state index in [9.17, 15) is 9.59 Å². The molecule has 0 saturated carbocycles. The number of anilines is 1. The van der Waals surface area contributed by atoms with Crippen LogP contribution in [0.3, 0.4) is 0 Å². The van der Waals surface area contributed by atoms with E-state index < -0.39 is 0 Å². The van der Waals surface area contributed by atoms with Crippen LogP contribution in [0.15, 0.2) is 53.9 Å². The van der Waals surface area contributed by atoms with Gasteiger partial charge in [0.05, 0.1) is 12.8 Å². The van der Waals surface area contributed by atoms with Crippen molar-refractivity contribution in [2.24, 2.45) is 0 Å². The molecule has 0 radical (unpaired) electrons. The summed E-state index contributed by atoms with van der Waals surface area (Å²) in [5, 5.41) is 7.95. The van der Waals surface area contributed by atoms with Crippen molar-refractivity contribution in [3.05, 3.63) is 65.0 Å². The van der Waals surface area contributed by atoms with Gasteiger partial charge < -0.3 is 15.4 Å². The van der Waals surface area contributed by atoms with Crippen LogP contribution in [0.1, 0.15) is 43.1 Å². The fraction of sp³-hybridized carbons (Fsp3) is 0.292. The lowest BCUT2D eigenvalue weighted by atomic mass is 9.87. The van der Waals surface area contributed by atoms with Crippen LogP contribution in [0.5, 0.6) is 5.75 Å². The van der Waals surface area contributed by atoms with E-state index >= 15 is 0 Å². The zero-order valence-electron chi connectivity index (χ0n) is 18.2. The number of nitrogens with zero attached hydrogens (tertiary/aromatic N) is 1. The number of rotatable bonds is 7. The van der Waals surface area contributed by atoms with Crippen molar-refractivity contribution in [1.82, 2.24) is 10.3 Å². The summed E-state index contributed by atoms with van der Waals surface area (Å²) in [5.41, 5.74) is 3.39. The molecule has 2 N–H and O–H groups in total. The Morgan fingerprint density at radius 1 is 1.06 bits per heavy atom. The number of amides is 2. The van der Waals surface area contributed by atoms with Gasteiger partial charge in [-0.15, -0.1) is 11.3 Å². The van der Waals surface area contributed by atoms with Crippen molar-refractivity contribution in [3.63, 3.8) is 0 Å². The first-order valence-corrected chi connectivity index (χ1v) is 10.9. The molecule has 1 aromatic heterocycles. The number of hydrogen-bond donors (Lipinski definition) is 2. The molecule has 0 unspecified atom stereocenters. The summed E-state index contributed by atoms with van der Waals surface area (Å²) < 4.78 is 5.36. The van der Waals surface area contributed by atoms with Gasteiger partial charge in [0, 0.05) is 29.5 Å². The average molecular weight is 438 g/mol. The first-order chi connectivity index (χ1) is 14.8. The molecule has 7 heteroatoms. The second-order valence-electron chi connectivity index (χ2n) is 8.12. The van der Waals surface area contributed by atoms with E-state index in [2.05, 4.69) is 36.4 Å². The van der Waals surface area contributed by atoms with Gasteiger partial charge in [0.2, 0.25) is 5.91 Å². The number of methoxy groups -OCH3 is 1. The Kier molecular flexibility index (Phi) is 7.07. The number of thiazole rings is 1. The average Bonchev–Trinajstić information content (AvgIpc) is 3.21. The standard InChI is InChI=1S/C24H27N3O3S/c1-24(2,3)17-11-9-16(10-12-17)22(29)25-14-13-21(28)27-23-26-19(15-31-23)18-7-5-6-8-20(18)30-4/h5-12,15H,13-14H2,1-4H3,(H,25,29)(H,26,27,28). The van der Waals surface area contributed by atoms with E-state index in [4.69, 9.17) is 4.74 Å². The molecule has 0 fully saturated rings. The predicted molar refractivity (Wildman–Crippen MR) is 125 cm³/mol. The van der Waals surface area contributed by atoms with Gasteiger partial charge in [-0.05, 0) is 35.2 Å². The Balaban J connectivity index is 1.50. The molecule has 0 saturated heterocycles. The second-order valence-corrected chi connectivity index (χ2v) is 8.98. The minimum absolute atomic E-state index is 0.0361. The van der Waals surface area contributed by atoms with Crippen molar-refractivity contribution in [3.8, 4) is 17.0 Å². The number of aromatic nitrogens is 1. The third-order valence-electron chi connectivity index (χ3n) is 4.78. The minimum Gasteiger partial charge on any atom is -0.496 e. The van der Waals surface area contributed by atoms with Gasteiger partial charge in [0.1, 0.15) is 5.75 Å². The van der Waals surface area contributed by atoms with Gasteiger partial charge in [-0.25, -0.2) is 4.98 Å². The smallest absolute Gasteiger partial charge is 0.251 e. The normalized spacial score (nSPS) is 11.1. The summed E-state index contributed by atoms with van der Waals surface area (Å²) in [6.45, 7) is 6.63. The van der Waals surface area contributed by atoms with Crippen LogP contribution >= 0.6 is 11.3 Å². The maximum absolute atomic E-state index is 12.3. The predicted octanol–water partition coefficient (Wildman–Crippen LogP) is 4.87. The van der Waals surface area contributed by atoms with Crippen LogP contribution < -0.4 is 15.4 Å². The number of carbonyl (C=O) groups is 2. The fourth-order valence-electron chi connectivity index (χ4n) is 3.01. The molecule has 162 valence electrons. The summed E-state index contributed by atoms with van der Waals surface area (Å²) in [4.78, 5) is 29.0. The van der Waals surface area contributed by atoms with Crippen LogP contribution in [0.2, 0.25) is 0 Å². The van der Waals surface area contributed by atoms with Gasteiger partial charge in [0.25, 0.3) is 5.91 Å². The largest absolute Gasteiger partial charge is 0.496 e. The van der Waals surface area contributed by atoms with Crippen LogP contribution in [0.25, 0.3) is 11.3 Å². The molecular weight excluding hydrogens is 410 g/mol. The minimum atomic E-state index is -0.204. The molecule has 3 aromatic rings. The first kappa shape index (κ1) is 22.5. The molecule has 31 heavy (non-hydrogen) atoms. The zero-order chi connectivity index (χ0) is 22.4. The first-order valence-electron chi connectivity index (χ1n) is 10.1. The van der Waals surface area contributed by atoms with Gasteiger partial charge in [-0.2, -0.15) is 0 Å². The summed E-state index contributed by atoms with van der Waals surface area (Å²) >= 11 is 1.35. The van der Waals surface area contributed by atoms with Crippen molar-refractivity contribution in [1.29, 1.82) is 0 Å². The fourth-order valence-corrected chi connectivity index (χ4v) is 3.73. The molecule has 0 aliphatic rings. The molecule has 0 bridgehead atoms. The lowest BCUT2D eigenvalue weighted by Crippen LogP contribution is -2.27. The summed E-state index contributed by atoms with van der Waals surface area (Å²) in [6, 6.07) is 15.1. The van der Waals surface area contributed by atoms with Crippen LogP contribution in [0.4, 0.5) is 5.13 Å². The Morgan fingerprint density at radius 2 is 1.77 bits per heavy atom. The number of hydrogen-bond acceptors (Lipinski definition) is 5. The molecule has 0 aliphatic heterocycles. The zero-order valence-corrected chi connectivity index (χ0v) is 19.0. The maximum Gasteiger partial charge on any atom is 0.251 e. The quantitative estimate of drug-likeness (QED) is 0.552. The van der Waals surface area contributed by atoms with Crippen LogP contribution in [-0.4, -0.2) is 30.5 Å². The van der Waals surface area contributed by atoms with Crippen LogP contribution in [-0.2, 0) is 10.2 Å². The molecule has 0 spiro atoms. The molecule has 2 aromatic carbocycles. The van der Waals surface area contributed by atoms with Gasteiger partial charge in [0.15, 0.2) is 5.13 Å². The second kappa shape index (κ2) is 9.75. The van der Waals surface area contributed by atoms with E-state index in [0.717, 1.165) is 17.0 Å². The highest BCUT2D eigenvalue weighted by molar-refractivity contribution is 7.14. The highest BCUT2D eigenvalue weighted by atomic mass is 32.1. The lowest BCUT2D eigenvalue weighted by molar-refractivity contribution is -0.116. The highest BCUT2D eigenvalue weighted by Gasteiger charge is 2.15. The molecule has 6 nitrogen and oxygen atoms in total. The maximum atomic E-state index is 12.3. The molecule has 0 atom stereocenters. The van der Waals surface area contributed by atoms with Crippen molar-refractivity contribution < 1.29 is 14.3 Å². The Morgan fingerprint density at radius 3 is 2.45 bits per heavy atom. The molecule has 1 heterocycles. The van der Waals surface area contributed by atoms with E-state index in [1.807, 2.05) is 53.9 Å². The van der Waals surface area contributed by atoms with Gasteiger partial charge in [-0.1, -0.05) is 45.0 Å². The third kappa shape index (κ3) is 5.92. The molecule has 0 aliphatic carbocycles. The van der Waals surface area contributed by atoms with E-state index in [1.165, 1.54) is 16.9 Å². The number of para-hydroxylation sites is 1. The lowest BCUT2D eigenvalue weighted by Gasteiger charge is -2.19. The summed E-state index contributed by atoms with van der Waals surface area (Å²) in [7, 11) is 1.61. The molecule has 3 rings (SSSR count). The van der Waals surface area contributed by atoms with E-state index in [1.54, 1.807) is 7.11 Å². The number of nitrogens with one attached hydrogen (secondary N) is 2. The number of carbonyl (C=O) groups excluding carboxylic acids is 2. The van der Waals surface area contributed by atoms with Crippen molar-refractivity contribution >= 4 is 28.3 Å². The van der Waals surface area contributed by atoms with Gasteiger partial charge >= 0.3 is 0 Å². The van der Waals surface area contributed by atoms with E-state index in [-0.39, 0.29) is 30.2 Å². The van der Waals surface area contributed by atoms with E-state index in [0.29, 0.717) is 10.7 Å². The number of ether oxygens (including phenoxy) is 1. The van der Waals surface area contributed by atoms with Crippen molar-refractivity contribution in [2.45, 2.75) is 32.6 Å². The highest BCUT2D eigenvalue weighted by Crippen LogP contribution is 2.31. The van der Waals surface area contributed by atoms with Crippen molar-refractivity contribution in [2.75, 3.05) is 19.0 Å². The third-order valence-corrected chi connectivity index (χ3v) is 5.54. The summed E-state index contributed by atoms with van der Waals surface area (Å²) in [5.74, 6) is 0.328. The monoisotopic (exact) mass is 437 g/mol. The summed E-state index contributed by atoms with van der Waals surface area (Å²) in [6.07, 6.45) is 0.162. The van der Waals surface area contributed by atoms with Crippen LogP contribution in [0, 0.1) is 0 Å². The molecular formula is C24H27N3O3S. The molecule has 2 amide bonds. The Hall–Kier alpha value is -3.19. The van der Waals surface area contributed by atoms with Gasteiger partial charge in [-0.3, -0.25) is 9.59 Å². The number of benzene rings is 2. The SMILES string of the molecule is COc1ccccc1-c1csc(NC(=O)CCNC(=O)c2ccc(C(C)(C)C)cc2)n1. The Bertz CT molecular complexity index is 1050. The topological polar surface area (TPSA) is 80.3 Å². The Labute approximate surface area is 186 Å².